The Morgan fingerprint density at radius 3 is 2.50 bits per heavy atom. The Morgan fingerprint density at radius 1 is 1.09 bits per heavy atom. The second kappa shape index (κ2) is 9.95. The van der Waals surface area contributed by atoms with Gasteiger partial charge in [0.2, 0.25) is 5.79 Å². The number of Topliss-reactive ketones (excluding diaryl/α,β-unsaturated/α-hetero) is 2. The summed E-state index contributed by atoms with van der Waals surface area (Å²) >= 11 is 6.18. The molecule has 8 atom stereocenters. The van der Waals surface area contributed by atoms with Crippen LogP contribution in [0.15, 0.2) is 36.4 Å². The highest BCUT2D eigenvalue weighted by Crippen LogP contribution is 2.76. The zero-order valence-corrected chi connectivity index (χ0v) is 25.9. The number of hydrogen-bond acceptors (Lipinski definition) is 8. The highest BCUT2D eigenvalue weighted by Gasteiger charge is 2.88. The molecule has 7 aliphatic rings. The molecule has 10 heteroatoms. The third kappa shape index (κ3) is 3.70. The van der Waals surface area contributed by atoms with E-state index in [9.17, 15) is 29.4 Å². The molecule has 8 rings (SSSR count). The minimum atomic E-state index is -2.32. The second-order valence-electron chi connectivity index (χ2n) is 14.7. The average Bonchev–Trinajstić information content (AvgIpc) is 3.10. The van der Waals surface area contributed by atoms with Gasteiger partial charge in [-0.1, -0.05) is 44.2 Å². The minimum absolute atomic E-state index is 0.0574. The molecule has 2 aliphatic heterocycles. The second-order valence-corrected chi connectivity index (χ2v) is 15.1. The van der Waals surface area contributed by atoms with Gasteiger partial charge in [-0.15, -0.1) is 0 Å². The Kier molecular flexibility index (Phi) is 6.81. The molecule has 2 heterocycles. The molecule has 1 aromatic carbocycles. The van der Waals surface area contributed by atoms with Crippen molar-refractivity contribution < 1.29 is 38.9 Å². The summed E-state index contributed by atoms with van der Waals surface area (Å²) in [6.07, 6.45) is 1.26. The molecule has 0 unspecified atom stereocenters. The molecule has 1 amide bonds. The number of nitrogens with one attached hydrogen (secondary N) is 1. The Hall–Kier alpha value is -2.59. The van der Waals surface area contributed by atoms with E-state index in [1.807, 2.05) is 13.8 Å². The van der Waals surface area contributed by atoms with Crippen molar-refractivity contribution in [1.82, 2.24) is 5.32 Å². The molecule has 236 valence electrons. The maximum Gasteiger partial charge on any atom is 0.309 e. The van der Waals surface area contributed by atoms with Crippen LogP contribution in [0.4, 0.5) is 0 Å². The zero-order chi connectivity index (χ0) is 31.4. The fourth-order valence-corrected chi connectivity index (χ4v) is 10.6. The Labute approximate surface area is 261 Å². The average molecular weight is 626 g/mol. The molecule has 7 fully saturated rings. The predicted octanol–water partition coefficient (Wildman–Crippen LogP) is 3.78. The largest absolute Gasteiger partial charge is 0.460 e. The Morgan fingerprint density at radius 2 is 1.80 bits per heavy atom. The van der Waals surface area contributed by atoms with Crippen LogP contribution in [0.1, 0.15) is 75.6 Å². The number of hydrogen-bond donors (Lipinski definition) is 3. The number of ketones is 2. The lowest BCUT2D eigenvalue weighted by Gasteiger charge is -2.73. The maximum absolute atomic E-state index is 14.3. The number of fused-ring (bicyclic) bond motifs is 2. The first-order valence-electron chi connectivity index (χ1n) is 15.9. The lowest BCUT2D eigenvalue weighted by Crippen LogP contribution is -2.85. The number of esters is 1. The Bertz CT molecular complexity index is 1470. The summed E-state index contributed by atoms with van der Waals surface area (Å²) in [5.41, 5.74) is -2.80. The lowest BCUT2D eigenvalue weighted by atomic mass is 9.36. The molecule has 9 nitrogen and oxygen atoms in total. The fraction of sp³-hybridized carbons (Fsp3) is 0.647. The van der Waals surface area contributed by atoms with Gasteiger partial charge in [-0.05, 0) is 74.0 Å². The molecule has 4 bridgehead atoms. The van der Waals surface area contributed by atoms with Gasteiger partial charge in [0.1, 0.15) is 23.4 Å². The van der Waals surface area contributed by atoms with Crippen molar-refractivity contribution in [1.29, 1.82) is 0 Å². The van der Waals surface area contributed by atoms with Gasteiger partial charge in [-0.2, -0.15) is 0 Å². The van der Waals surface area contributed by atoms with E-state index in [4.69, 9.17) is 21.1 Å². The summed E-state index contributed by atoms with van der Waals surface area (Å²) < 4.78 is 12.3. The summed E-state index contributed by atoms with van der Waals surface area (Å²) in [5, 5.41) is 27.6. The number of benzene rings is 1. The van der Waals surface area contributed by atoms with Crippen molar-refractivity contribution in [3.05, 3.63) is 47.0 Å². The number of aliphatic hydroxyl groups excluding tert-OH is 1. The van der Waals surface area contributed by atoms with E-state index in [2.05, 4.69) is 11.9 Å². The smallest absolute Gasteiger partial charge is 0.309 e. The van der Waals surface area contributed by atoms with Crippen LogP contribution >= 0.6 is 11.6 Å². The molecule has 1 aromatic rings. The first-order chi connectivity index (χ1) is 20.8. The van der Waals surface area contributed by atoms with Gasteiger partial charge in [-0.3, -0.25) is 19.2 Å². The number of halogens is 1. The van der Waals surface area contributed by atoms with Crippen LogP contribution in [-0.4, -0.2) is 64.3 Å². The van der Waals surface area contributed by atoms with Crippen LogP contribution in [0.2, 0.25) is 5.02 Å². The molecule has 3 N–H and O–H groups in total. The molecule has 44 heavy (non-hydrogen) atoms. The van der Waals surface area contributed by atoms with Gasteiger partial charge in [0, 0.05) is 24.3 Å². The van der Waals surface area contributed by atoms with E-state index in [-0.39, 0.29) is 29.9 Å². The van der Waals surface area contributed by atoms with Gasteiger partial charge in [0.25, 0.3) is 5.91 Å². The van der Waals surface area contributed by atoms with E-state index in [1.54, 1.807) is 24.3 Å². The normalized spacial score (nSPS) is 43.7. The van der Waals surface area contributed by atoms with Gasteiger partial charge in [0.15, 0.2) is 5.78 Å². The fourth-order valence-electron chi connectivity index (χ4n) is 10.4. The highest BCUT2D eigenvalue weighted by molar-refractivity contribution is 6.33. The van der Waals surface area contributed by atoms with Crippen LogP contribution in [0.5, 0.6) is 0 Å². The van der Waals surface area contributed by atoms with Crippen molar-refractivity contribution in [2.45, 2.75) is 89.3 Å². The third-order valence-electron chi connectivity index (χ3n) is 12.4. The molecular formula is C34H40ClNO8. The minimum Gasteiger partial charge on any atom is -0.460 e. The van der Waals surface area contributed by atoms with Crippen molar-refractivity contribution in [3.8, 4) is 0 Å². The first-order valence-corrected chi connectivity index (χ1v) is 16.3. The summed E-state index contributed by atoms with van der Waals surface area (Å²) in [6, 6.07) is 6.70. The van der Waals surface area contributed by atoms with Crippen molar-refractivity contribution >= 4 is 35.0 Å². The van der Waals surface area contributed by atoms with Crippen LogP contribution in [-0.2, 0) is 23.9 Å². The monoisotopic (exact) mass is 625 g/mol. The van der Waals surface area contributed by atoms with E-state index in [0.717, 1.165) is 0 Å². The van der Waals surface area contributed by atoms with Crippen molar-refractivity contribution in [3.63, 3.8) is 0 Å². The number of carbonyl (C=O) groups excluding carboxylic acids is 4. The molecule has 5 aliphatic carbocycles. The number of amides is 1. The molecule has 5 saturated carbocycles. The summed E-state index contributed by atoms with van der Waals surface area (Å²) in [7, 11) is 0. The summed E-state index contributed by atoms with van der Waals surface area (Å²) in [4.78, 5) is 54.7. The molecular weight excluding hydrogens is 586 g/mol. The van der Waals surface area contributed by atoms with Crippen LogP contribution in [0.3, 0.4) is 0 Å². The first kappa shape index (κ1) is 30.1. The van der Waals surface area contributed by atoms with E-state index >= 15 is 0 Å². The van der Waals surface area contributed by atoms with E-state index in [0.29, 0.717) is 62.0 Å². The zero-order valence-electron chi connectivity index (χ0n) is 25.1. The molecule has 0 radical (unpaired) electrons. The van der Waals surface area contributed by atoms with Gasteiger partial charge >= 0.3 is 5.97 Å². The quantitative estimate of drug-likeness (QED) is 0.339. The highest BCUT2D eigenvalue weighted by atomic mass is 35.5. The van der Waals surface area contributed by atoms with Crippen LogP contribution in [0, 0.1) is 39.9 Å². The third-order valence-corrected chi connectivity index (χ3v) is 12.7. The van der Waals surface area contributed by atoms with Gasteiger partial charge < -0.3 is 25.0 Å². The molecule has 2 saturated heterocycles. The van der Waals surface area contributed by atoms with Crippen LogP contribution < -0.4 is 5.32 Å². The standard InChI is InChI=1S/C34H40ClNO8/c1-17-20-12-13-23-32-16-43-34(42,27(39)25(32)31(2,3)15-14-24(32)37)33(23,26(17)38)28(20)44-30(41)18-8-10-19(11-9-18)36-29(40)21-6-4-5-7-22(21)35/h4-7,18-20,23,25,27-28,39,42H,1,8-16H2,2-3H3,(H,36,40)/t18?,19?,20-,23-,25+,27-,28+,32+,33-,34-/m0/s1. The number of ether oxygens (including phenoxy) is 2. The summed E-state index contributed by atoms with van der Waals surface area (Å²) in [6.45, 7) is 7.99. The van der Waals surface area contributed by atoms with E-state index in [1.165, 1.54) is 0 Å². The number of carbonyl (C=O) groups is 4. The maximum atomic E-state index is 14.3. The van der Waals surface area contributed by atoms with Gasteiger partial charge in [0.05, 0.1) is 28.5 Å². The lowest BCUT2D eigenvalue weighted by molar-refractivity contribution is -0.437. The van der Waals surface area contributed by atoms with Crippen molar-refractivity contribution in [2.24, 2.45) is 39.9 Å². The number of rotatable bonds is 4. The van der Waals surface area contributed by atoms with E-state index < -0.39 is 69.7 Å². The SMILES string of the molecule is C=C1C(=O)[C@]23[C@H](OC(=O)C4CCC(NC(=O)c5ccccc5Cl)CC4)[C@H]1CC[C@H]2[C@@]12CO[C@@]3(O)[C@@H](O)[C@@H]1C(C)(C)CCC2=O. The predicted molar refractivity (Wildman–Crippen MR) is 158 cm³/mol. The molecule has 0 aromatic heterocycles. The number of aliphatic hydroxyl groups is 2. The Balaban J connectivity index is 1.14. The summed E-state index contributed by atoms with van der Waals surface area (Å²) in [5.74, 6) is -5.84. The van der Waals surface area contributed by atoms with Crippen LogP contribution in [0.25, 0.3) is 0 Å². The molecule has 2 spiro atoms. The topological polar surface area (TPSA) is 139 Å². The van der Waals surface area contributed by atoms with Crippen molar-refractivity contribution in [2.75, 3.05) is 6.61 Å². The van der Waals surface area contributed by atoms with Gasteiger partial charge in [-0.25, -0.2) is 0 Å².